The number of nitrogens with two attached hydrogens (primary N) is 3. The molecule has 1 aliphatic carbocycles. The summed E-state index contributed by atoms with van der Waals surface area (Å²) < 4.78 is 66.0. The molecule has 0 bridgehead atoms. The van der Waals surface area contributed by atoms with Crippen molar-refractivity contribution >= 4 is 60.7 Å². The molecular weight excluding hydrogens is 1040 g/mol. The van der Waals surface area contributed by atoms with E-state index < -0.39 is 0 Å². The van der Waals surface area contributed by atoms with Crippen LogP contribution in [0.3, 0.4) is 0 Å². The van der Waals surface area contributed by atoms with Gasteiger partial charge in [0.25, 0.3) is 11.8 Å². The van der Waals surface area contributed by atoms with E-state index in [2.05, 4.69) is 45.6 Å². The summed E-state index contributed by atoms with van der Waals surface area (Å²) in [6.07, 6.45) is 3.71. The van der Waals surface area contributed by atoms with Gasteiger partial charge in [0.15, 0.2) is 11.6 Å². The maximum Gasteiger partial charge on any atom is 0.263 e. The minimum atomic E-state index is -0.275. The Labute approximate surface area is 444 Å². The lowest BCUT2D eigenvalue weighted by atomic mass is 10.2. The molecule has 8 rings (SSSR count). The van der Waals surface area contributed by atoms with Gasteiger partial charge in [0.1, 0.15) is 42.9 Å². The van der Waals surface area contributed by atoms with E-state index in [4.69, 9.17) is 52.3 Å². The Morgan fingerprint density at radius 3 is 1.67 bits per heavy atom. The van der Waals surface area contributed by atoms with Gasteiger partial charge in [-0.25, -0.2) is 22.8 Å². The SMILES string of the molecule is Cl.Cl.Cl.Cn1nc(-c2ccc(OC/C(=C/F)CN)cc2)nc1N1CCOCC1.NC/C(=C\F)COc1ccc(-c2n[nH]c(C(CO)CCl)n2)cc1.NC/C(=C\F)COc1ccc(-c2nc(NC3CC3)no2)cc1. The number of H-pyrrole nitrogens is 1. The lowest BCUT2D eigenvalue weighted by molar-refractivity contribution is 0.121. The van der Waals surface area contributed by atoms with Crippen LogP contribution in [0.25, 0.3) is 34.2 Å². The van der Waals surface area contributed by atoms with Crippen LogP contribution in [-0.2, 0) is 11.8 Å². The molecule has 4 heterocycles. The number of nitrogens with one attached hydrogen (secondary N) is 2. The number of anilines is 2. The van der Waals surface area contributed by atoms with Crippen LogP contribution in [0.4, 0.5) is 25.1 Å². The van der Waals surface area contributed by atoms with Gasteiger partial charge in [-0.05, 0) is 90.8 Å². The van der Waals surface area contributed by atoms with Gasteiger partial charge in [-0.1, -0.05) is 0 Å². The molecule has 2 fully saturated rings. The van der Waals surface area contributed by atoms with Crippen molar-refractivity contribution in [2.75, 3.05) is 88.5 Å². The van der Waals surface area contributed by atoms with Gasteiger partial charge in [0, 0.05) is 85.1 Å². The fourth-order valence-corrected chi connectivity index (χ4v) is 6.41. The number of benzene rings is 3. The Hall–Kier alpha value is -5.95. The van der Waals surface area contributed by atoms with Crippen LogP contribution >= 0.6 is 48.8 Å². The zero-order valence-corrected chi connectivity index (χ0v) is 43.0. The smallest absolute Gasteiger partial charge is 0.263 e. The number of rotatable bonds is 21. The van der Waals surface area contributed by atoms with Gasteiger partial charge < -0.3 is 56.0 Å². The van der Waals surface area contributed by atoms with E-state index in [-0.39, 0.29) is 95.1 Å². The van der Waals surface area contributed by atoms with Crippen LogP contribution in [0.2, 0.25) is 0 Å². The third-order valence-electron chi connectivity index (χ3n) is 10.5. The monoisotopic (exact) mass is 1100 g/mol. The Kier molecular flexibility index (Phi) is 27.1. The van der Waals surface area contributed by atoms with Gasteiger partial charge in [-0.2, -0.15) is 15.1 Å². The number of aromatic nitrogens is 8. The molecule has 6 aromatic rings. The predicted octanol–water partition coefficient (Wildman–Crippen LogP) is 7.25. The topological polar surface area (TPSA) is 262 Å². The molecule has 0 radical (unpaired) electrons. The van der Waals surface area contributed by atoms with E-state index in [9.17, 15) is 18.3 Å². The molecule has 9 N–H and O–H groups in total. The first-order chi connectivity index (χ1) is 34.2. The average molecular weight is 1100 g/mol. The van der Waals surface area contributed by atoms with E-state index in [0.717, 1.165) is 48.6 Å². The fourth-order valence-electron chi connectivity index (χ4n) is 6.17. The first-order valence-electron chi connectivity index (χ1n) is 22.3. The summed E-state index contributed by atoms with van der Waals surface area (Å²) >= 11 is 5.76. The summed E-state index contributed by atoms with van der Waals surface area (Å²) in [4.78, 5) is 15.4. The minimum absolute atomic E-state index is 0. The van der Waals surface area contributed by atoms with Crippen molar-refractivity contribution in [3.63, 3.8) is 0 Å². The molecular formula is C47H60Cl4F3N13O6. The van der Waals surface area contributed by atoms with Gasteiger partial charge in [-0.3, -0.25) is 5.10 Å². The molecule has 1 saturated heterocycles. The first kappa shape index (κ1) is 61.4. The van der Waals surface area contributed by atoms with Crippen molar-refractivity contribution < 1.29 is 41.7 Å². The molecule has 1 atom stereocenters. The van der Waals surface area contributed by atoms with Crippen LogP contribution < -0.4 is 41.6 Å². The number of hydrogen-bond acceptors (Lipinski definition) is 17. The molecule has 19 nitrogen and oxygen atoms in total. The molecule has 0 amide bonds. The molecule has 3 aromatic carbocycles. The van der Waals surface area contributed by atoms with Crippen LogP contribution in [0.1, 0.15) is 24.6 Å². The van der Waals surface area contributed by atoms with Crippen molar-refractivity contribution in [3.05, 3.63) is 114 Å². The maximum absolute atomic E-state index is 12.5. The second kappa shape index (κ2) is 32.3. The summed E-state index contributed by atoms with van der Waals surface area (Å²) in [5.41, 5.74) is 19.8. The second-order valence-corrected chi connectivity index (χ2v) is 16.0. The maximum atomic E-state index is 12.5. The number of halogens is 7. The van der Waals surface area contributed by atoms with Gasteiger partial charge in [0.2, 0.25) is 5.95 Å². The Balaban J connectivity index is 0.000000284. The molecule has 26 heteroatoms. The summed E-state index contributed by atoms with van der Waals surface area (Å²) in [6.45, 7) is 3.66. The van der Waals surface area contributed by atoms with Crippen molar-refractivity contribution in [1.29, 1.82) is 0 Å². The second-order valence-electron chi connectivity index (χ2n) is 15.7. The number of aromatic amines is 1. The molecule has 3 aromatic heterocycles. The average Bonchev–Trinajstić information content (AvgIpc) is 3.68. The molecule has 0 spiro atoms. The predicted molar refractivity (Wildman–Crippen MR) is 281 cm³/mol. The van der Waals surface area contributed by atoms with Crippen LogP contribution in [0.5, 0.6) is 17.2 Å². The molecule has 1 aliphatic heterocycles. The zero-order valence-electron chi connectivity index (χ0n) is 39.7. The van der Waals surface area contributed by atoms with Crippen molar-refractivity contribution in [2.45, 2.75) is 24.8 Å². The summed E-state index contributed by atoms with van der Waals surface area (Å²) in [7, 11) is 1.89. The fraction of sp³-hybridized carbons (Fsp3) is 0.362. The van der Waals surface area contributed by atoms with Crippen molar-refractivity contribution in [3.8, 4) is 51.5 Å². The van der Waals surface area contributed by atoms with Gasteiger partial charge in [0.05, 0.1) is 44.7 Å². The number of aliphatic hydroxyl groups is 1. The molecule has 1 unspecified atom stereocenters. The summed E-state index contributed by atoms with van der Waals surface area (Å²) in [6, 6.07) is 22.1. The number of aliphatic hydroxyl groups excluding tert-OH is 1. The lowest BCUT2D eigenvalue weighted by Gasteiger charge is -2.26. The molecule has 2 aliphatic rings. The number of morpholine rings is 1. The largest absolute Gasteiger partial charge is 0.489 e. The highest BCUT2D eigenvalue weighted by molar-refractivity contribution is 6.18. The number of ether oxygens (including phenoxy) is 4. The highest BCUT2D eigenvalue weighted by atomic mass is 35.5. The Morgan fingerprint density at radius 2 is 1.23 bits per heavy atom. The Bertz CT molecular complexity index is 2590. The number of alkyl halides is 1. The zero-order chi connectivity index (χ0) is 49.7. The third-order valence-corrected chi connectivity index (χ3v) is 10.9. The lowest BCUT2D eigenvalue weighted by Crippen LogP contribution is -2.37. The quantitative estimate of drug-likeness (QED) is 0.0388. The van der Waals surface area contributed by atoms with E-state index in [1.165, 1.54) is 0 Å². The first-order valence-corrected chi connectivity index (χ1v) is 22.8. The van der Waals surface area contributed by atoms with Crippen molar-refractivity contribution in [2.24, 2.45) is 24.2 Å². The third kappa shape index (κ3) is 18.8. The standard InChI is InChI=1S/C17H22FN5O2.C15H18ClFN4O2.C15H17FN4O2.3ClH/c1-22-17(23-6-8-24-9-7-23)20-16(21-22)14-2-4-15(5-3-14)25-12-13(10-18)11-19;16-5-12(8-22)15-19-14(20-21-15)11-1-3-13(4-2-11)23-9-10(6-17)7-18;16-7-10(8-17)9-21-13-5-1-11(2-6-13)14-19-15(20-22-14)18-12-3-4-12;;;/h2-5,10H,6-9,11-12,19H2,1H3;1-4,6,12,22H,5,7-9,18H2,(H,19,20,21);1-2,5-7,12H,3-4,8-9,17H2,(H,18,20);3*1H/b13-10+;10-6+;10-7+;;;. The van der Waals surface area contributed by atoms with E-state index in [0.29, 0.717) is 102 Å². The van der Waals surface area contributed by atoms with Crippen LogP contribution in [0.15, 0.2) is 113 Å². The van der Waals surface area contributed by atoms with E-state index in [1.807, 2.05) is 43.4 Å². The van der Waals surface area contributed by atoms with Gasteiger partial charge in [-0.15, -0.1) is 53.9 Å². The number of hydrogen-bond donors (Lipinski definition) is 6. The molecule has 398 valence electrons. The van der Waals surface area contributed by atoms with E-state index in [1.54, 1.807) is 41.1 Å². The summed E-state index contributed by atoms with van der Waals surface area (Å²) in [5.74, 6) is 5.31. The number of aryl methyl sites for hydroxylation is 1. The summed E-state index contributed by atoms with van der Waals surface area (Å²) in [5, 5.41) is 27.6. The van der Waals surface area contributed by atoms with Crippen LogP contribution in [0, 0.1) is 0 Å². The van der Waals surface area contributed by atoms with Gasteiger partial charge >= 0.3 is 0 Å². The highest BCUT2D eigenvalue weighted by Crippen LogP contribution is 2.27. The molecule has 1 saturated carbocycles. The van der Waals surface area contributed by atoms with Crippen molar-refractivity contribution in [1.82, 2.24) is 40.1 Å². The molecule has 73 heavy (non-hydrogen) atoms. The normalized spacial score (nSPS) is 13.9. The van der Waals surface area contributed by atoms with Crippen LogP contribution in [-0.4, -0.2) is 129 Å². The minimum Gasteiger partial charge on any atom is -0.489 e. The highest BCUT2D eigenvalue weighted by Gasteiger charge is 2.23. The number of nitrogens with zero attached hydrogens (tertiary/aromatic N) is 8. The Morgan fingerprint density at radius 1 is 0.753 bits per heavy atom. The van der Waals surface area contributed by atoms with E-state index >= 15 is 0 Å².